The summed E-state index contributed by atoms with van der Waals surface area (Å²) >= 11 is 0. The van der Waals surface area contributed by atoms with Gasteiger partial charge in [0.05, 0.1) is 11.4 Å². The van der Waals surface area contributed by atoms with Crippen LogP contribution < -0.4 is 4.90 Å². The predicted molar refractivity (Wildman–Crippen MR) is 97.6 cm³/mol. The van der Waals surface area contributed by atoms with E-state index in [-0.39, 0.29) is 0 Å². The minimum Gasteiger partial charge on any atom is -0.352 e. The largest absolute Gasteiger partial charge is 0.352 e. The van der Waals surface area contributed by atoms with Crippen molar-refractivity contribution in [1.29, 1.82) is 0 Å². The molecule has 1 saturated carbocycles. The van der Waals surface area contributed by atoms with Gasteiger partial charge in [0.15, 0.2) is 0 Å². The second-order valence-corrected chi connectivity index (χ2v) is 7.87. The summed E-state index contributed by atoms with van der Waals surface area (Å²) in [4.78, 5) is 28.5. The third kappa shape index (κ3) is 3.50. The normalized spacial score (nSPS) is 26.5. The second-order valence-electron chi connectivity index (χ2n) is 7.87. The number of anilines is 1. The molecule has 1 aromatic rings. The number of rotatable bonds is 4. The average Bonchev–Trinajstić information content (AvgIpc) is 3.25. The number of nitrogens with zero attached hydrogens (tertiary/aromatic N) is 5. The van der Waals surface area contributed by atoms with Crippen LogP contribution in [0.4, 0.5) is 5.82 Å². The Morgan fingerprint density at radius 3 is 2.68 bits per heavy atom. The molecule has 0 N–H and O–H groups in total. The van der Waals surface area contributed by atoms with Crippen LogP contribution in [0.25, 0.3) is 0 Å². The molecule has 1 amide bonds. The van der Waals surface area contributed by atoms with E-state index in [1.54, 1.807) is 0 Å². The van der Waals surface area contributed by atoms with Crippen LogP contribution in [0.1, 0.15) is 37.1 Å². The Balaban J connectivity index is 1.26. The van der Waals surface area contributed by atoms with Gasteiger partial charge in [-0.1, -0.05) is 0 Å². The number of aromatic nitrogens is 2. The van der Waals surface area contributed by atoms with Gasteiger partial charge in [0.1, 0.15) is 5.82 Å². The van der Waals surface area contributed by atoms with E-state index in [9.17, 15) is 4.79 Å². The van der Waals surface area contributed by atoms with Gasteiger partial charge >= 0.3 is 0 Å². The Morgan fingerprint density at radius 1 is 1.20 bits per heavy atom. The van der Waals surface area contributed by atoms with Crippen molar-refractivity contribution in [3.8, 4) is 0 Å². The minimum absolute atomic E-state index is 0.314. The number of piperidine rings is 1. The van der Waals surface area contributed by atoms with Crippen molar-refractivity contribution in [2.24, 2.45) is 5.92 Å². The molecule has 3 heterocycles. The van der Waals surface area contributed by atoms with E-state index in [2.05, 4.69) is 19.8 Å². The third-order valence-electron chi connectivity index (χ3n) is 6.12. The summed E-state index contributed by atoms with van der Waals surface area (Å²) < 4.78 is 0. The molecule has 0 radical (unpaired) electrons. The molecule has 1 aliphatic carbocycles. The van der Waals surface area contributed by atoms with Crippen LogP contribution in [0.5, 0.6) is 0 Å². The van der Waals surface area contributed by atoms with Crippen LogP contribution in [0, 0.1) is 19.8 Å². The minimum atomic E-state index is 0.314. The Labute approximate surface area is 150 Å². The van der Waals surface area contributed by atoms with Gasteiger partial charge < -0.3 is 9.80 Å². The molecule has 0 aromatic carbocycles. The van der Waals surface area contributed by atoms with Gasteiger partial charge in [-0.25, -0.2) is 4.98 Å². The van der Waals surface area contributed by atoms with Crippen LogP contribution in [-0.2, 0) is 4.79 Å². The van der Waals surface area contributed by atoms with Crippen molar-refractivity contribution < 1.29 is 4.79 Å². The molecule has 136 valence electrons. The van der Waals surface area contributed by atoms with Crippen molar-refractivity contribution in [3.05, 3.63) is 17.6 Å². The molecule has 25 heavy (non-hydrogen) atoms. The van der Waals surface area contributed by atoms with Crippen molar-refractivity contribution >= 4 is 11.7 Å². The number of hydrogen-bond acceptors (Lipinski definition) is 5. The number of fused-ring (bicyclic) bond motifs is 2. The molecule has 2 aliphatic heterocycles. The molecule has 1 aromatic heterocycles. The maximum absolute atomic E-state index is 12.6. The molecule has 3 fully saturated rings. The zero-order valence-electron chi connectivity index (χ0n) is 15.4. The third-order valence-corrected chi connectivity index (χ3v) is 6.12. The average molecular weight is 343 g/mol. The van der Waals surface area contributed by atoms with E-state index in [1.807, 2.05) is 24.9 Å². The van der Waals surface area contributed by atoms with Gasteiger partial charge in [0.25, 0.3) is 0 Å². The summed E-state index contributed by atoms with van der Waals surface area (Å²) in [5.74, 6) is 2.19. The van der Waals surface area contributed by atoms with Gasteiger partial charge in [-0.3, -0.25) is 14.7 Å². The second kappa shape index (κ2) is 6.90. The summed E-state index contributed by atoms with van der Waals surface area (Å²) in [7, 11) is 0. The summed E-state index contributed by atoms with van der Waals surface area (Å²) in [6.07, 6.45) is 6.59. The Bertz CT molecular complexity index is 641. The summed E-state index contributed by atoms with van der Waals surface area (Å²) in [5, 5.41) is 0. The smallest absolute Gasteiger partial charge is 0.223 e. The number of piperazine rings is 1. The van der Waals surface area contributed by atoms with E-state index in [1.165, 1.54) is 25.8 Å². The Kier molecular flexibility index (Phi) is 4.63. The highest BCUT2D eigenvalue weighted by atomic mass is 16.2. The lowest BCUT2D eigenvalue weighted by molar-refractivity contribution is -0.131. The standard InChI is InChI=1S/C19H29N5O/c1-14-12-20-15(2)19(21-14)23-9-7-22(8-10-23)18(25)5-6-24-13-16-3-4-17(24)11-16/h12,16-17H,3-11,13H2,1-2H3/t16-,17+/m1/s1. The maximum Gasteiger partial charge on any atom is 0.223 e. The molecule has 2 atom stereocenters. The summed E-state index contributed by atoms with van der Waals surface area (Å²) in [6, 6.07) is 0.762. The molecule has 2 saturated heterocycles. The lowest BCUT2D eigenvalue weighted by atomic mass is 10.1. The fraction of sp³-hybridized carbons (Fsp3) is 0.737. The van der Waals surface area contributed by atoms with Gasteiger partial charge in [0.2, 0.25) is 5.91 Å². The van der Waals surface area contributed by atoms with Gasteiger partial charge in [-0.2, -0.15) is 0 Å². The zero-order valence-corrected chi connectivity index (χ0v) is 15.4. The molecular formula is C19H29N5O. The SMILES string of the molecule is Cc1cnc(C)c(N2CCN(C(=O)CCN3C[C@@H]4CC[C@H]3C4)CC2)n1. The molecule has 6 heteroatoms. The maximum atomic E-state index is 12.6. The van der Waals surface area contributed by atoms with Crippen LogP contribution in [0.15, 0.2) is 6.20 Å². The molecule has 3 aliphatic rings. The lowest BCUT2D eigenvalue weighted by Gasteiger charge is -2.36. The van der Waals surface area contributed by atoms with Gasteiger partial charge in [-0.15, -0.1) is 0 Å². The number of amides is 1. The van der Waals surface area contributed by atoms with E-state index in [4.69, 9.17) is 0 Å². The number of hydrogen-bond donors (Lipinski definition) is 0. The first-order chi connectivity index (χ1) is 12.1. The quantitative estimate of drug-likeness (QED) is 0.831. The lowest BCUT2D eigenvalue weighted by Crippen LogP contribution is -2.50. The number of likely N-dealkylation sites (tertiary alicyclic amines) is 1. The molecular weight excluding hydrogens is 314 g/mol. The van der Waals surface area contributed by atoms with E-state index in [0.29, 0.717) is 12.3 Å². The van der Waals surface area contributed by atoms with E-state index >= 15 is 0 Å². The highest BCUT2D eigenvalue weighted by molar-refractivity contribution is 5.76. The fourth-order valence-electron chi connectivity index (χ4n) is 4.69. The highest BCUT2D eigenvalue weighted by Crippen LogP contribution is 2.37. The monoisotopic (exact) mass is 343 g/mol. The number of carbonyl (C=O) groups is 1. The summed E-state index contributed by atoms with van der Waals surface area (Å²) in [5.41, 5.74) is 1.91. The Hall–Kier alpha value is -1.69. The molecule has 2 bridgehead atoms. The predicted octanol–water partition coefficient (Wildman–Crippen LogP) is 1.62. The topological polar surface area (TPSA) is 52.6 Å². The van der Waals surface area contributed by atoms with Crippen LogP contribution in [0.3, 0.4) is 0 Å². The fourth-order valence-corrected chi connectivity index (χ4v) is 4.69. The molecule has 4 rings (SSSR count). The van der Waals surface area contributed by atoms with Gasteiger partial charge in [0, 0.05) is 57.9 Å². The Morgan fingerprint density at radius 2 is 2.00 bits per heavy atom. The zero-order chi connectivity index (χ0) is 17.4. The molecule has 0 spiro atoms. The first-order valence-corrected chi connectivity index (χ1v) is 9.67. The first kappa shape index (κ1) is 16.8. The van der Waals surface area contributed by atoms with E-state index < -0.39 is 0 Å². The molecule has 6 nitrogen and oxygen atoms in total. The van der Waals surface area contributed by atoms with Crippen molar-refractivity contribution in [2.45, 2.75) is 45.6 Å². The van der Waals surface area contributed by atoms with Crippen LogP contribution in [0.2, 0.25) is 0 Å². The molecule has 0 unspecified atom stereocenters. The van der Waals surface area contributed by atoms with E-state index in [0.717, 1.165) is 61.9 Å². The number of aryl methyl sites for hydroxylation is 2. The van der Waals surface area contributed by atoms with Crippen LogP contribution >= 0.6 is 0 Å². The summed E-state index contributed by atoms with van der Waals surface area (Å²) in [6.45, 7) is 9.42. The van der Waals surface area contributed by atoms with Gasteiger partial charge in [-0.05, 0) is 39.0 Å². The van der Waals surface area contributed by atoms with Crippen molar-refractivity contribution in [3.63, 3.8) is 0 Å². The first-order valence-electron chi connectivity index (χ1n) is 9.67. The van der Waals surface area contributed by atoms with Crippen LogP contribution in [-0.4, -0.2) is 71.0 Å². The highest BCUT2D eigenvalue weighted by Gasteiger charge is 2.37. The van der Waals surface area contributed by atoms with Crippen molar-refractivity contribution in [2.75, 3.05) is 44.2 Å². The number of carbonyl (C=O) groups excluding carboxylic acids is 1. The van der Waals surface area contributed by atoms with Crippen molar-refractivity contribution in [1.82, 2.24) is 19.8 Å².